The molecule has 0 aliphatic rings. The molecule has 0 fully saturated rings. The molecule has 156 valence electrons. The highest BCUT2D eigenvalue weighted by atomic mass is 19.4. The number of aromatic nitrogens is 1. The molecule has 0 aliphatic heterocycles. The number of rotatable bonds is 6. The Morgan fingerprint density at radius 2 is 1.80 bits per heavy atom. The highest BCUT2D eigenvalue weighted by Gasteiger charge is 2.30. The Morgan fingerprint density at radius 1 is 1.13 bits per heavy atom. The molecule has 2 aromatic carbocycles. The number of hydrogen-bond acceptors (Lipinski definition) is 5. The van der Waals surface area contributed by atoms with Gasteiger partial charge in [0, 0.05) is 6.54 Å². The lowest BCUT2D eigenvalue weighted by molar-refractivity contribution is -0.137. The average molecular weight is 418 g/mol. The summed E-state index contributed by atoms with van der Waals surface area (Å²) in [6.07, 6.45) is -4.41. The second-order valence-electron chi connectivity index (χ2n) is 6.77. The quantitative estimate of drug-likeness (QED) is 0.565. The Hall–Kier alpha value is -3.38. The topological polar surface area (TPSA) is 65.1 Å². The number of nitriles is 1. The van der Waals surface area contributed by atoms with Crippen LogP contribution in [-0.4, -0.2) is 30.5 Å². The van der Waals surface area contributed by atoms with Crippen molar-refractivity contribution in [2.45, 2.75) is 12.2 Å². The number of likely N-dealkylation sites (N-methyl/N-ethyl adjacent to an activating group) is 1. The number of nitrogens with zero attached hydrogens (tertiary/aromatic N) is 3. The monoisotopic (exact) mass is 418 g/mol. The molecule has 1 atom stereocenters. The molecule has 30 heavy (non-hydrogen) atoms. The van der Waals surface area contributed by atoms with Gasteiger partial charge in [0.05, 0.1) is 17.2 Å². The minimum atomic E-state index is -4.41. The summed E-state index contributed by atoms with van der Waals surface area (Å²) in [6, 6.07) is 12.3. The van der Waals surface area contributed by atoms with Crippen LogP contribution in [0.3, 0.4) is 0 Å². The smallest absolute Gasteiger partial charge is 0.416 e. The van der Waals surface area contributed by atoms with Crippen molar-refractivity contribution in [2.75, 3.05) is 26.0 Å². The fourth-order valence-corrected chi connectivity index (χ4v) is 2.95. The fraction of sp³-hybridized carbons (Fsp3) is 0.238. The lowest BCUT2D eigenvalue weighted by Gasteiger charge is -2.25. The van der Waals surface area contributed by atoms with Gasteiger partial charge in [0.2, 0.25) is 17.5 Å². The molecule has 1 heterocycles. The van der Waals surface area contributed by atoms with Gasteiger partial charge in [-0.2, -0.15) is 23.4 Å². The van der Waals surface area contributed by atoms with Crippen molar-refractivity contribution >= 4 is 5.88 Å². The van der Waals surface area contributed by atoms with Crippen LogP contribution in [0.15, 0.2) is 52.9 Å². The number of nitrogens with one attached hydrogen (secondary N) is 1. The zero-order chi connectivity index (χ0) is 21.9. The summed E-state index contributed by atoms with van der Waals surface area (Å²) >= 11 is 0. The molecule has 0 saturated carbocycles. The van der Waals surface area contributed by atoms with Gasteiger partial charge in [-0.05, 0) is 43.9 Å². The Balaban J connectivity index is 1.82. The highest BCUT2D eigenvalue weighted by Crippen LogP contribution is 2.31. The molecule has 0 aliphatic carbocycles. The van der Waals surface area contributed by atoms with E-state index >= 15 is 0 Å². The van der Waals surface area contributed by atoms with Gasteiger partial charge in [-0.15, -0.1) is 0 Å². The van der Waals surface area contributed by atoms with Crippen molar-refractivity contribution in [3.8, 4) is 17.5 Å². The van der Waals surface area contributed by atoms with E-state index in [9.17, 15) is 22.8 Å². The second kappa shape index (κ2) is 8.55. The number of anilines is 1. The molecule has 0 unspecified atom stereocenters. The molecular weight excluding hydrogens is 400 g/mol. The highest BCUT2D eigenvalue weighted by molar-refractivity contribution is 5.59. The first kappa shape index (κ1) is 21.3. The summed E-state index contributed by atoms with van der Waals surface area (Å²) in [4.78, 5) is 5.84. The molecule has 0 bridgehead atoms. The second-order valence-corrected chi connectivity index (χ2v) is 6.77. The maximum atomic E-state index is 14.0. The molecular formula is C21H18F4N4O. The molecule has 1 aromatic heterocycles. The minimum Gasteiger partial charge on any atom is -0.419 e. The zero-order valence-corrected chi connectivity index (χ0v) is 16.2. The van der Waals surface area contributed by atoms with Crippen LogP contribution in [0.4, 0.5) is 23.4 Å². The summed E-state index contributed by atoms with van der Waals surface area (Å²) in [5, 5.41) is 12.3. The van der Waals surface area contributed by atoms with Gasteiger partial charge in [0.1, 0.15) is 11.9 Å². The van der Waals surface area contributed by atoms with Crippen molar-refractivity contribution in [2.24, 2.45) is 0 Å². The summed E-state index contributed by atoms with van der Waals surface area (Å²) in [5.74, 6) is -0.511. The molecule has 0 radical (unpaired) electrons. The summed E-state index contributed by atoms with van der Waals surface area (Å²) in [6.45, 7) is 0.221. The van der Waals surface area contributed by atoms with Crippen LogP contribution in [-0.2, 0) is 6.18 Å². The van der Waals surface area contributed by atoms with Crippen molar-refractivity contribution in [1.29, 1.82) is 5.26 Å². The summed E-state index contributed by atoms with van der Waals surface area (Å²) in [7, 11) is 3.56. The molecule has 0 spiro atoms. The van der Waals surface area contributed by atoms with Gasteiger partial charge < -0.3 is 14.6 Å². The Morgan fingerprint density at radius 3 is 2.37 bits per heavy atom. The van der Waals surface area contributed by atoms with Crippen LogP contribution in [0.25, 0.3) is 11.5 Å². The molecule has 3 rings (SSSR count). The number of benzene rings is 2. The molecule has 5 nitrogen and oxygen atoms in total. The van der Waals surface area contributed by atoms with Crippen LogP contribution in [0.1, 0.15) is 22.9 Å². The number of halogens is 4. The molecule has 0 saturated heterocycles. The summed E-state index contributed by atoms with van der Waals surface area (Å²) < 4.78 is 57.9. The van der Waals surface area contributed by atoms with Gasteiger partial charge in [-0.3, -0.25) is 0 Å². The van der Waals surface area contributed by atoms with E-state index in [4.69, 9.17) is 4.42 Å². The van der Waals surface area contributed by atoms with Gasteiger partial charge >= 0.3 is 6.18 Å². The number of oxazole rings is 1. The van der Waals surface area contributed by atoms with E-state index in [2.05, 4.69) is 10.3 Å². The number of alkyl halides is 3. The van der Waals surface area contributed by atoms with Crippen LogP contribution in [0.2, 0.25) is 0 Å². The van der Waals surface area contributed by atoms with Crippen LogP contribution in [0.5, 0.6) is 0 Å². The molecule has 0 amide bonds. The van der Waals surface area contributed by atoms with E-state index in [-0.39, 0.29) is 35.6 Å². The normalized spacial score (nSPS) is 12.6. The van der Waals surface area contributed by atoms with Crippen molar-refractivity contribution in [3.05, 3.63) is 71.2 Å². The van der Waals surface area contributed by atoms with Gasteiger partial charge in [0.15, 0.2) is 0 Å². The molecule has 9 heteroatoms. The van der Waals surface area contributed by atoms with E-state index in [0.29, 0.717) is 5.56 Å². The Bertz CT molecular complexity index is 1050. The van der Waals surface area contributed by atoms with E-state index < -0.39 is 17.6 Å². The SMILES string of the molecule is CN(C)[C@@H](CNc1oc(-c2ccccc2F)nc1C#N)c1ccc(C(F)(F)F)cc1. The zero-order valence-electron chi connectivity index (χ0n) is 16.2. The van der Waals surface area contributed by atoms with Crippen molar-refractivity contribution in [1.82, 2.24) is 9.88 Å². The largest absolute Gasteiger partial charge is 0.419 e. The first-order valence-electron chi connectivity index (χ1n) is 8.94. The first-order valence-corrected chi connectivity index (χ1v) is 8.94. The lowest BCUT2D eigenvalue weighted by atomic mass is 10.0. The fourth-order valence-electron chi connectivity index (χ4n) is 2.95. The van der Waals surface area contributed by atoms with Crippen LogP contribution in [0, 0.1) is 17.1 Å². The van der Waals surface area contributed by atoms with E-state index in [1.807, 2.05) is 11.0 Å². The van der Waals surface area contributed by atoms with Crippen LogP contribution < -0.4 is 5.32 Å². The Kier molecular flexibility index (Phi) is 6.08. The van der Waals surface area contributed by atoms with E-state index in [0.717, 1.165) is 12.1 Å². The third-order valence-electron chi connectivity index (χ3n) is 4.54. The maximum absolute atomic E-state index is 14.0. The van der Waals surface area contributed by atoms with Gasteiger partial charge in [-0.25, -0.2) is 4.39 Å². The van der Waals surface area contributed by atoms with Crippen LogP contribution >= 0.6 is 0 Å². The maximum Gasteiger partial charge on any atom is 0.416 e. The Labute approximate surface area is 170 Å². The number of hydrogen-bond donors (Lipinski definition) is 1. The minimum absolute atomic E-state index is 0.0388. The van der Waals surface area contributed by atoms with Gasteiger partial charge in [0.25, 0.3) is 0 Å². The average Bonchev–Trinajstić information content (AvgIpc) is 3.11. The van der Waals surface area contributed by atoms with E-state index in [1.165, 1.54) is 30.3 Å². The predicted octanol–water partition coefficient (Wildman–Crippen LogP) is 5.09. The third-order valence-corrected chi connectivity index (χ3v) is 4.54. The molecule has 1 N–H and O–H groups in total. The van der Waals surface area contributed by atoms with Crippen molar-refractivity contribution in [3.63, 3.8) is 0 Å². The van der Waals surface area contributed by atoms with Gasteiger partial charge in [-0.1, -0.05) is 24.3 Å². The van der Waals surface area contributed by atoms with Crippen molar-refractivity contribution < 1.29 is 22.0 Å². The predicted molar refractivity (Wildman–Crippen MR) is 103 cm³/mol. The third kappa shape index (κ3) is 4.60. The molecule has 3 aromatic rings. The lowest BCUT2D eigenvalue weighted by Crippen LogP contribution is -2.27. The summed E-state index contributed by atoms with van der Waals surface area (Å²) in [5.41, 5.74) is -0.00627. The standard InChI is InChI=1S/C21H18F4N4O/c1-29(2)18(13-7-9-14(10-8-13)21(23,24)25)12-27-20-17(11-26)28-19(30-20)15-5-3-4-6-16(15)22/h3-10,18,27H,12H2,1-2H3/t18-/m0/s1. The first-order chi connectivity index (χ1) is 14.2. The van der Waals surface area contributed by atoms with E-state index in [1.54, 1.807) is 20.2 Å².